The fourth-order valence-electron chi connectivity index (χ4n) is 3.90. The summed E-state index contributed by atoms with van der Waals surface area (Å²) in [5.74, 6) is 1.45. The van der Waals surface area contributed by atoms with Gasteiger partial charge in [-0.25, -0.2) is 4.98 Å². The van der Waals surface area contributed by atoms with Gasteiger partial charge >= 0.3 is 0 Å². The Morgan fingerprint density at radius 1 is 0.931 bits per heavy atom. The molecule has 0 aliphatic heterocycles. The molecule has 1 saturated carbocycles. The summed E-state index contributed by atoms with van der Waals surface area (Å²) in [6, 6.07) is 16.6. The van der Waals surface area contributed by atoms with Crippen LogP contribution in [0.3, 0.4) is 0 Å². The number of nitrogens with zero attached hydrogens (tertiary/aromatic N) is 2. The monoisotopic (exact) mass is 406 g/mol. The molecule has 1 aliphatic carbocycles. The molecule has 1 aliphatic rings. The lowest BCUT2D eigenvalue weighted by atomic mass is 9.96. The molecule has 2 N–H and O–H groups in total. The van der Waals surface area contributed by atoms with E-state index in [-0.39, 0.29) is 0 Å². The van der Waals surface area contributed by atoms with Crippen molar-refractivity contribution in [2.45, 2.75) is 52.0 Å². The largest absolute Gasteiger partial charge is 0.351 e. The Balaban J connectivity index is 1.70. The Kier molecular flexibility index (Phi) is 6.00. The minimum Gasteiger partial charge on any atom is -0.351 e. The van der Waals surface area contributed by atoms with Crippen LogP contribution in [-0.4, -0.2) is 16.0 Å². The smallest absolute Gasteiger partial charge is 0.225 e. The van der Waals surface area contributed by atoms with E-state index in [0.717, 1.165) is 38.9 Å². The van der Waals surface area contributed by atoms with Gasteiger partial charge in [0, 0.05) is 28.4 Å². The van der Waals surface area contributed by atoms with Gasteiger partial charge in [0.25, 0.3) is 0 Å². The molecule has 0 bridgehead atoms. The first-order valence-corrected chi connectivity index (χ1v) is 10.7. The lowest BCUT2D eigenvalue weighted by Crippen LogP contribution is -2.23. The van der Waals surface area contributed by atoms with Crippen molar-refractivity contribution in [3.8, 4) is 11.3 Å². The molecular weight excluding hydrogens is 380 g/mol. The maximum Gasteiger partial charge on any atom is 0.225 e. The molecule has 1 aromatic heterocycles. The van der Waals surface area contributed by atoms with Crippen molar-refractivity contribution in [2.24, 2.45) is 0 Å². The fourth-order valence-corrected chi connectivity index (χ4v) is 4.06. The normalized spacial score (nSPS) is 14.6. The van der Waals surface area contributed by atoms with Gasteiger partial charge in [-0.1, -0.05) is 67.3 Å². The number of benzene rings is 2. The van der Waals surface area contributed by atoms with E-state index in [1.807, 2.05) is 43.3 Å². The van der Waals surface area contributed by atoms with E-state index in [9.17, 15) is 0 Å². The van der Waals surface area contributed by atoms with Gasteiger partial charge < -0.3 is 10.6 Å². The van der Waals surface area contributed by atoms with Gasteiger partial charge in [-0.15, -0.1) is 0 Å². The predicted octanol–water partition coefficient (Wildman–Crippen LogP) is 6.90. The summed E-state index contributed by atoms with van der Waals surface area (Å²) >= 11 is 6.35. The zero-order chi connectivity index (χ0) is 20.2. The maximum absolute atomic E-state index is 6.35. The third-order valence-electron chi connectivity index (χ3n) is 5.59. The van der Waals surface area contributed by atoms with Crippen LogP contribution in [0.4, 0.5) is 17.5 Å². The Morgan fingerprint density at radius 2 is 1.69 bits per heavy atom. The Bertz CT molecular complexity index is 982. The molecular formula is C24H27ClN4. The number of anilines is 3. The number of aryl methyl sites for hydroxylation is 1. The van der Waals surface area contributed by atoms with Crippen LogP contribution >= 0.6 is 11.6 Å². The molecule has 3 aromatic rings. The van der Waals surface area contributed by atoms with E-state index in [0.29, 0.717) is 12.0 Å². The lowest BCUT2D eigenvalue weighted by molar-refractivity contribution is 0.461. The zero-order valence-corrected chi connectivity index (χ0v) is 17.8. The van der Waals surface area contributed by atoms with Gasteiger partial charge in [-0.05, 0) is 43.9 Å². The highest BCUT2D eigenvalue weighted by atomic mass is 35.5. The molecule has 0 amide bonds. The molecule has 5 heteroatoms. The summed E-state index contributed by atoms with van der Waals surface area (Å²) in [6.45, 7) is 4.10. The first-order chi connectivity index (χ1) is 14.1. The predicted molar refractivity (Wildman–Crippen MR) is 122 cm³/mol. The SMILES string of the molecule is Cc1ccc(Cl)c(C)c1Nc1cc(-c2ccccc2)nc(NC2CCCCC2)n1. The maximum atomic E-state index is 6.35. The van der Waals surface area contributed by atoms with E-state index in [4.69, 9.17) is 21.6 Å². The average molecular weight is 407 g/mol. The van der Waals surface area contributed by atoms with Crippen molar-refractivity contribution >= 4 is 29.1 Å². The second-order valence-electron chi connectivity index (χ2n) is 7.80. The van der Waals surface area contributed by atoms with E-state index in [1.165, 1.54) is 32.1 Å². The Hall–Kier alpha value is -2.59. The molecule has 150 valence electrons. The fraction of sp³-hybridized carbons (Fsp3) is 0.333. The highest BCUT2D eigenvalue weighted by Crippen LogP contribution is 2.31. The number of nitrogens with one attached hydrogen (secondary N) is 2. The molecule has 0 saturated heterocycles. The van der Waals surface area contributed by atoms with Crippen LogP contribution in [0.1, 0.15) is 43.2 Å². The van der Waals surface area contributed by atoms with E-state index in [1.54, 1.807) is 0 Å². The molecule has 0 radical (unpaired) electrons. The summed E-state index contributed by atoms with van der Waals surface area (Å²) in [7, 11) is 0. The minimum atomic E-state index is 0.442. The molecule has 1 fully saturated rings. The van der Waals surface area contributed by atoms with Crippen LogP contribution in [-0.2, 0) is 0 Å². The molecule has 0 spiro atoms. The minimum absolute atomic E-state index is 0.442. The molecule has 0 unspecified atom stereocenters. The summed E-state index contributed by atoms with van der Waals surface area (Å²) in [5.41, 5.74) is 5.13. The van der Waals surface area contributed by atoms with Gasteiger partial charge in [0.15, 0.2) is 0 Å². The topological polar surface area (TPSA) is 49.8 Å². The molecule has 2 aromatic carbocycles. The van der Waals surface area contributed by atoms with Crippen molar-refractivity contribution in [2.75, 3.05) is 10.6 Å². The molecule has 4 nitrogen and oxygen atoms in total. The molecule has 1 heterocycles. The van der Waals surface area contributed by atoms with Crippen LogP contribution in [0.5, 0.6) is 0 Å². The zero-order valence-electron chi connectivity index (χ0n) is 17.0. The summed E-state index contributed by atoms with van der Waals surface area (Å²) < 4.78 is 0. The van der Waals surface area contributed by atoms with E-state index >= 15 is 0 Å². The number of hydrogen-bond acceptors (Lipinski definition) is 4. The number of hydrogen-bond donors (Lipinski definition) is 2. The van der Waals surface area contributed by atoms with Crippen LogP contribution in [0.15, 0.2) is 48.5 Å². The Morgan fingerprint density at radius 3 is 2.45 bits per heavy atom. The highest BCUT2D eigenvalue weighted by molar-refractivity contribution is 6.31. The first-order valence-electron chi connectivity index (χ1n) is 10.3. The van der Waals surface area contributed by atoms with Crippen molar-refractivity contribution in [3.05, 3.63) is 64.7 Å². The lowest BCUT2D eigenvalue weighted by Gasteiger charge is -2.23. The van der Waals surface area contributed by atoms with Crippen molar-refractivity contribution in [1.29, 1.82) is 0 Å². The van der Waals surface area contributed by atoms with Gasteiger partial charge in [-0.3, -0.25) is 0 Å². The van der Waals surface area contributed by atoms with Gasteiger partial charge in [0.05, 0.1) is 5.69 Å². The van der Waals surface area contributed by atoms with E-state index < -0.39 is 0 Å². The molecule has 29 heavy (non-hydrogen) atoms. The Labute approximate surface area is 177 Å². The summed E-state index contributed by atoms with van der Waals surface area (Å²) in [4.78, 5) is 9.60. The summed E-state index contributed by atoms with van der Waals surface area (Å²) in [5, 5.41) is 7.81. The van der Waals surface area contributed by atoms with Crippen LogP contribution in [0.2, 0.25) is 5.02 Å². The standard InChI is InChI=1S/C24H27ClN4/c1-16-13-14-20(25)17(2)23(16)28-22-15-21(18-9-5-3-6-10-18)27-24(29-22)26-19-11-7-4-8-12-19/h3,5-6,9-10,13-15,19H,4,7-8,11-12H2,1-2H3,(H2,26,27,28,29). The second-order valence-corrected chi connectivity index (χ2v) is 8.20. The van der Waals surface area contributed by atoms with Gasteiger partial charge in [0.1, 0.15) is 5.82 Å². The molecule has 4 rings (SSSR count). The third kappa shape index (κ3) is 4.70. The average Bonchev–Trinajstić information content (AvgIpc) is 2.75. The van der Waals surface area contributed by atoms with Crippen LogP contribution in [0, 0.1) is 13.8 Å². The van der Waals surface area contributed by atoms with Gasteiger partial charge in [-0.2, -0.15) is 4.98 Å². The quantitative estimate of drug-likeness (QED) is 0.483. The third-order valence-corrected chi connectivity index (χ3v) is 6.00. The van der Waals surface area contributed by atoms with Crippen molar-refractivity contribution < 1.29 is 0 Å². The van der Waals surface area contributed by atoms with Crippen LogP contribution < -0.4 is 10.6 Å². The van der Waals surface area contributed by atoms with Crippen molar-refractivity contribution in [1.82, 2.24) is 9.97 Å². The first kappa shape index (κ1) is 19.7. The number of aromatic nitrogens is 2. The second kappa shape index (κ2) is 8.83. The summed E-state index contributed by atoms with van der Waals surface area (Å²) in [6.07, 6.45) is 6.20. The van der Waals surface area contributed by atoms with Gasteiger partial charge in [0.2, 0.25) is 5.95 Å². The van der Waals surface area contributed by atoms with E-state index in [2.05, 4.69) is 29.7 Å². The molecule has 0 atom stereocenters. The highest BCUT2D eigenvalue weighted by Gasteiger charge is 2.16. The van der Waals surface area contributed by atoms with Crippen molar-refractivity contribution in [3.63, 3.8) is 0 Å². The van der Waals surface area contributed by atoms with Crippen LogP contribution in [0.25, 0.3) is 11.3 Å². The number of halogens is 1. The number of rotatable bonds is 5.